The van der Waals surface area contributed by atoms with Crippen molar-refractivity contribution in [2.45, 2.75) is 26.1 Å². The Morgan fingerprint density at radius 3 is 1.64 bits per heavy atom. The summed E-state index contributed by atoms with van der Waals surface area (Å²) in [6.45, 7) is 2.39. The number of rotatable bonds is 12. The van der Waals surface area contributed by atoms with Crippen molar-refractivity contribution < 1.29 is 28.8 Å². The van der Waals surface area contributed by atoms with Crippen LogP contribution in [-0.2, 0) is 27.5 Å². The fourth-order valence-electron chi connectivity index (χ4n) is 2.12. The molecular weight excluding hydrogens is 360 g/mol. The molecule has 0 saturated carbocycles. The molecule has 28 heavy (non-hydrogen) atoms. The molecule has 6 nitrogen and oxygen atoms in total. The first-order chi connectivity index (χ1) is 13.7. The Labute approximate surface area is 167 Å². The number of benzene rings is 2. The van der Waals surface area contributed by atoms with Gasteiger partial charge in [0.05, 0.1) is 34.0 Å². The van der Waals surface area contributed by atoms with E-state index in [4.69, 9.17) is 24.1 Å². The highest BCUT2D eigenvalue weighted by Gasteiger charge is 1.95. The summed E-state index contributed by atoms with van der Waals surface area (Å²) in [7, 11) is 3.28. The lowest BCUT2D eigenvalue weighted by molar-refractivity contribution is -0.108. The molecule has 0 aliphatic carbocycles. The highest BCUT2D eigenvalue weighted by Crippen LogP contribution is 2.12. The second kappa shape index (κ2) is 15.6. The Hall–Kier alpha value is -2.41. The van der Waals surface area contributed by atoms with Crippen molar-refractivity contribution in [1.82, 2.24) is 0 Å². The zero-order valence-electron chi connectivity index (χ0n) is 16.6. The van der Waals surface area contributed by atoms with E-state index in [9.17, 15) is 4.79 Å². The van der Waals surface area contributed by atoms with Gasteiger partial charge in [0, 0.05) is 19.6 Å². The van der Waals surface area contributed by atoms with Crippen molar-refractivity contribution in [3.8, 4) is 11.5 Å². The average Bonchev–Trinajstić information content (AvgIpc) is 2.76. The minimum atomic E-state index is 0.183. The van der Waals surface area contributed by atoms with Crippen molar-refractivity contribution in [3.63, 3.8) is 0 Å². The molecule has 2 rings (SSSR count). The van der Waals surface area contributed by atoms with Gasteiger partial charge in [-0.15, -0.1) is 0 Å². The van der Waals surface area contributed by atoms with Crippen molar-refractivity contribution in [1.29, 1.82) is 0 Å². The molecule has 2 aromatic rings. The number of methoxy groups -OCH3 is 2. The van der Waals surface area contributed by atoms with Gasteiger partial charge in [-0.05, 0) is 41.8 Å². The van der Waals surface area contributed by atoms with E-state index in [1.54, 1.807) is 14.2 Å². The van der Waals surface area contributed by atoms with E-state index in [1.807, 2.05) is 48.5 Å². The summed E-state index contributed by atoms with van der Waals surface area (Å²) in [4.78, 5) is 10.0. The lowest BCUT2D eigenvalue weighted by Gasteiger charge is -2.04. The lowest BCUT2D eigenvalue weighted by atomic mass is 10.2. The van der Waals surface area contributed by atoms with E-state index in [2.05, 4.69) is 0 Å². The van der Waals surface area contributed by atoms with Crippen molar-refractivity contribution in [2.75, 3.05) is 34.0 Å². The zero-order valence-corrected chi connectivity index (χ0v) is 16.6. The number of ether oxygens (including phenoxy) is 4. The first kappa shape index (κ1) is 23.6. The highest BCUT2D eigenvalue weighted by molar-refractivity contribution is 5.49. The molecule has 1 N–H and O–H groups in total. The Bertz CT molecular complexity index is 624. The van der Waals surface area contributed by atoms with E-state index in [1.165, 1.54) is 0 Å². The SMILES string of the molecule is COc1ccc(COCCC=O)cc1.COc1ccc(COCCCO)cc1. The van der Waals surface area contributed by atoms with Gasteiger partial charge in [-0.2, -0.15) is 0 Å². The van der Waals surface area contributed by atoms with Crippen LogP contribution < -0.4 is 9.47 Å². The topological polar surface area (TPSA) is 74.2 Å². The quantitative estimate of drug-likeness (QED) is 0.442. The van der Waals surface area contributed by atoms with Crippen LogP contribution in [0.2, 0.25) is 0 Å². The fourth-order valence-corrected chi connectivity index (χ4v) is 2.12. The molecule has 6 heteroatoms. The van der Waals surface area contributed by atoms with Crippen molar-refractivity contribution in [2.24, 2.45) is 0 Å². The predicted octanol–water partition coefficient (Wildman–Crippen LogP) is 3.40. The molecule has 2 aromatic carbocycles. The van der Waals surface area contributed by atoms with E-state index in [0.29, 0.717) is 39.3 Å². The average molecular weight is 390 g/mol. The van der Waals surface area contributed by atoms with E-state index >= 15 is 0 Å². The first-order valence-electron chi connectivity index (χ1n) is 9.19. The van der Waals surface area contributed by atoms with Gasteiger partial charge in [0.2, 0.25) is 0 Å². The summed E-state index contributed by atoms with van der Waals surface area (Å²) in [5.74, 6) is 1.69. The predicted molar refractivity (Wildman–Crippen MR) is 108 cm³/mol. The van der Waals surface area contributed by atoms with Crippen LogP contribution in [0.5, 0.6) is 11.5 Å². The van der Waals surface area contributed by atoms with Crippen molar-refractivity contribution in [3.05, 3.63) is 59.7 Å². The molecule has 0 aliphatic rings. The van der Waals surface area contributed by atoms with Gasteiger partial charge in [-0.25, -0.2) is 0 Å². The third kappa shape index (κ3) is 10.7. The van der Waals surface area contributed by atoms with E-state index in [-0.39, 0.29) is 6.61 Å². The monoisotopic (exact) mass is 390 g/mol. The molecule has 0 radical (unpaired) electrons. The highest BCUT2D eigenvalue weighted by atomic mass is 16.5. The van der Waals surface area contributed by atoms with Gasteiger partial charge in [0.15, 0.2) is 0 Å². The Morgan fingerprint density at radius 1 is 0.786 bits per heavy atom. The van der Waals surface area contributed by atoms with Gasteiger partial charge in [0.25, 0.3) is 0 Å². The maximum atomic E-state index is 10.0. The maximum Gasteiger partial charge on any atom is 0.122 e. The number of hydrogen-bond donors (Lipinski definition) is 1. The summed E-state index contributed by atoms with van der Waals surface area (Å²) in [5.41, 5.74) is 2.19. The van der Waals surface area contributed by atoms with Gasteiger partial charge in [0.1, 0.15) is 17.8 Å². The molecular formula is C22H30O6. The number of aliphatic hydroxyl groups excluding tert-OH is 1. The number of carbonyl (C=O) groups excluding carboxylic acids is 1. The van der Waals surface area contributed by atoms with Crippen LogP contribution >= 0.6 is 0 Å². The van der Waals surface area contributed by atoms with Gasteiger partial charge in [-0.3, -0.25) is 0 Å². The third-order valence-corrected chi connectivity index (χ3v) is 3.68. The molecule has 0 unspecified atom stereocenters. The van der Waals surface area contributed by atoms with Crippen LogP contribution in [0, 0.1) is 0 Å². The molecule has 0 fully saturated rings. The second-order valence-corrected chi connectivity index (χ2v) is 5.83. The molecule has 0 heterocycles. The second-order valence-electron chi connectivity index (χ2n) is 5.83. The van der Waals surface area contributed by atoms with Crippen LogP contribution in [-0.4, -0.2) is 45.4 Å². The number of hydrogen-bond acceptors (Lipinski definition) is 6. The van der Waals surface area contributed by atoms with Crippen LogP contribution in [0.1, 0.15) is 24.0 Å². The standard InChI is InChI=1S/C11H16O3.C11H14O3/c2*1-13-11-5-3-10(4-6-11)9-14-8-2-7-12/h3-6,12H,2,7-9H2,1H3;3-7H,2,8-9H2,1H3. The smallest absolute Gasteiger partial charge is 0.122 e. The minimum Gasteiger partial charge on any atom is -0.497 e. The van der Waals surface area contributed by atoms with Gasteiger partial charge < -0.3 is 28.8 Å². The molecule has 0 atom stereocenters. The number of aliphatic hydroxyl groups is 1. The summed E-state index contributed by atoms with van der Waals surface area (Å²) in [6, 6.07) is 15.4. The summed E-state index contributed by atoms with van der Waals surface area (Å²) in [6.07, 6.45) is 2.00. The van der Waals surface area contributed by atoms with Gasteiger partial charge in [-0.1, -0.05) is 24.3 Å². The van der Waals surface area contributed by atoms with Crippen LogP contribution in [0.15, 0.2) is 48.5 Å². The van der Waals surface area contributed by atoms with Gasteiger partial charge >= 0.3 is 0 Å². The Morgan fingerprint density at radius 2 is 1.25 bits per heavy atom. The van der Waals surface area contributed by atoms with E-state index < -0.39 is 0 Å². The fraction of sp³-hybridized carbons (Fsp3) is 0.409. The molecule has 0 bridgehead atoms. The number of carbonyl (C=O) groups is 1. The summed E-state index contributed by atoms with van der Waals surface area (Å²) < 4.78 is 20.7. The largest absolute Gasteiger partial charge is 0.497 e. The summed E-state index contributed by atoms with van der Waals surface area (Å²) >= 11 is 0. The molecule has 0 saturated heterocycles. The maximum absolute atomic E-state index is 10.0. The van der Waals surface area contributed by atoms with Crippen molar-refractivity contribution >= 4 is 6.29 Å². The van der Waals surface area contributed by atoms with Crippen LogP contribution in [0.4, 0.5) is 0 Å². The van der Waals surface area contributed by atoms with Crippen LogP contribution in [0.3, 0.4) is 0 Å². The molecule has 0 spiro atoms. The molecule has 0 amide bonds. The van der Waals surface area contributed by atoms with Crippen LogP contribution in [0.25, 0.3) is 0 Å². The summed E-state index contributed by atoms with van der Waals surface area (Å²) in [5, 5.41) is 8.54. The molecule has 0 aliphatic heterocycles. The Balaban J connectivity index is 0.000000280. The first-order valence-corrected chi connectivity index (χ1v) is 9.19. The minimum absolute atomic E-state index is 0.183. The number of aldehydes is 1. The third-order valence-electron chi connectivity index (χ3n) is 3.68. The zero-order chi connectivity index (χ0) is 20.5. The Kier molecular flexibility index (Phi) is 13.2. The molecule has 154 valence electrons. The normalized spacial score (nSPS) is 9.96. The van der Waals surface area contributed by atoms with E-state index in [0.717, 1.165) is 28.9 Å². The lowest BCUT2D eigenvalue weighted by Crippen LogP contribution is -1.97. The molecule has 0 aromatic heterocycles.